The predicted molar refractivity (Wildman–Crippen MR) is 137 cm³/mol. The van der Waals surface area contributed by atoms with E-state index in [1.165, 1.54) is 0 Å². The highest BCUT2D eigenvalue weighted by Gasteiger charge is 2.27. The summed E-state index contributed by atoms with van der Waals surface area (Å²) >= 11 is 0. The largest absolute Gasteiger partial charge is 0.466 e. The van der Waals surface area contributed by atoms with Gasteiger partial charge < -0.3 is 9.73 Å². The number of aryl methyl sites for hydroxylation is 2. The van der Waals surface area contributed by atoms with Gasteiger partial charge in [0.25, 0.3) is 5.91 Å². The maximum absolute atomic E-state index is 13.6. The molecule has 6 rings (SSSR count). The van der Waals surface area contributed by atoms with Crippen molar-refractivity contribution < 1.29 is 9.21 Å². The molecule has 0 bridgehead atoms. The summed E-state index contributed by atoms with van der Waals surface area (Å²) < 4.78 is 7.57. The number of amides is 1. The number of carbonyl (C=O) groups is 1. The quantitative estimate of drug-likeness (QED) is 0.317. The maximum Gasteiger partial charge on any atom is 0.256 e. The smallest absolute Gasteiger partial charge is 0.256 e. The van der Waals surface area contributed by atoms with Crippen molar-refractivity contribution in [1.29, 1.82) is 0 Å². The fourth-order valence-corrected chi connectivity index (χ4v) is 4.48. The van der Waals surface area contributed by atoms with E-state index in [0.29, 0.717) is 39.7 Å². The number of rotatable bonds is 6. The van der Waals surface area contributed by atoms with Crippen molar-refractivity contribution in [3.8, 4) is 22.6 Å². The third kappa shape index (κ3) is 3.96. The van der Waals surface area contributed by atoms with Crippen LogP contribution in [0.5, 0.6) is 0 Å². The van der Waals surface area contributed by atoms with Gasteiger partial charge in [-0.05, 0) is 64.8 Å². The van der Waals surface area contributed by atoms with Crippen molar-refractivity contribution >= 4 is 22.6 Å². The second-order valence-electron chi connectivity index (χ2n) is 9.66. The van der Waals surface area contributed by atoms with Crippen LogP contribution in [0.3, 0.4) is 0 Å². The van der Waals surface area contributed by atoms with Crippen LogP contribution in [0.25, 0.3) is 33.7 Å². The molecular weight excluding hydrogens is 454 g/mol. The minimum absolute atomic E-state index is 0.0897. The Bertz CT molecular complexity index is 1600. The van der Waals surface area contributed by atoms with E-state index in [1.807, 2.05) is 68.8 Å². The third-order valence-corrected chi connectivity index (χ3v) is 6.46. The fraction of sp³-hybridized carbons (Fsp3) is 0.296. The molecule has 1 aromatic carbocycles. The van der Waals surface area contributed by atoms with Crippen molar-refractivity contribution in [3.63, 3.8) is 0 Å². The molecule has 0 aliphatic heterocycles. The van der Waals surface area contributed by atoms with Crippen LogP contribution in [0.4, 0.5) is 5.69 Å². The lowest BCUT2D eigenvalue weighted by molar-refractivity contribution is 0.102. The number of pyridine rings is 1. The van der Waals surface area contributed by atoms with Crippen LogP contribution in [-0.4, -0.2) is 35.9 Å². The molecule has 2 N–H and O–H groups in total. The molecule has 1 fully saturated rings. The molecule has 5 aromatic rings. The molecule has 0 spiro atoms. The number of aromatic nitrogens is 6. The Labute approximate surface area is 208 Å². The number of hydrogen-bond donors (Lipinski definition) is 2. The van der Waals surface area contributed by atoms with Gasteiger partial charge in [-0.1, -0.05) is 12.1 Å². The SMILES string of the molecule is Cc1cc(-c2cc(C(=O)Nc3cccc(-c4n[nH]c(C5CC5)n4)c3)c3cnn(C(C)C)c3n2)c(C)o1. The van der Waals surface area contributed by atoms with Crippen LogP contribution >= 0.6 is 0 Å². The first kappa shape index (κ1) is 22.2. The highest BCUT2D eigenvalue weighted by atomic mass is 16.3. The number of fused-ring (bicyclic) bond motifs is 1. The van der Waals surface area contributed by atoms with Crippen LogP contribution in [0, 0.1) is 13.8 Å². The van der Waals surface area contributed by atoms with E-state index in [-0.39, 0.29) is 11.9 Å². The molecule has 36 heavy (non-hydrogen) atoms. The molecule has 4 heterocycles. The average Bonchev–Trinajstić information content (AvgIpc) is 3.26. The standard InChI is InChI=1S/C27H27N7O2/c1-14(2)34-26-22(13-28-34)21(12-23(30-26)20-10-15(3)36-16(20)4)27(35)29-19-7-5-6-18(11-19)25-31-24(32-33-25)17-8-9-17/h5-7,10-14,17H,8-9H2,1-4H3,(H,29,35)(H,31,32,33). The van der Waals surface area contributed by atoms with Crippen molar-refractivity contribution in [2.45, 2.75) is 52.5 Å². The molecule has 0 unspecified atom stereocenters. The molecule has 4 aromatic heterocycles. The molecule has 9 nitrogen and oxygen atoms in total. The monoisotopic (exact) mass is 481 g/mol. The molecule has 1 saturated carbocycles. The van der Waals surface area contributed by atoms with E-state index in [1.54, 1.807) is 6.20 Å². The summed E-state index contributed by atoms with van der Waals surface area (Å²) in [7, 11) is 0. The molecule has 1 aliphatic rings. The highest BCUT2D eigenvalue weighted by Crippen LogP contribution is 2.38. The molecule has 0 atom stereocenters. The summed E-state index contributed by atoms with van der Waals surface area (Å²) in [5.74, 6) is 3.36. The van der Waals surface area contributed by atoms with Gasteiger partial charge in [-0.2, -0.15) is 10.2 Å². The number of furan rings is 1. The van der Waals surface area contributed by atoms with Gasteiger partial charge in [-0.15, -0.1) is 0 Å². The Morgan fingerprint density at radius 1 is 1.17 bits per heavy atom. The zero-order valence-corrected chi connectivity index (χ0v) is 20.7. The van der Waals surface area contributed by atoms with Gasteiger partial charge in [0, 0.05) is 28.8 Å². The lowest BCUT2D eigenvalue weighted by Gasteiger charge is -2.11. The number of aromatic amines is 1. The Morgan fingerprint density at radius 3 is 2.72 bits per heavy atom. The minimum Gasteiger partial charge on any atom is -0.466 e. The van der Waals surface area contributed by atoms with Gasteiger partial charge in [0.05, 0.1) is 22.8 Å². The van der Waals surface area contributed by atoms with E-state index in [4.69, 9.17) is 9.40 Å². The zero-order chi connectivity index (χ0) is 25.0. The first-order chi connectivity index (χ1) is 17.4. The number of benzene rings is 1. The summed E-state index contributed by atoms with van der Waals surface area (Å²) in [6.45, 7) is 7.88. The van der Waals surface area contributed by atoms with Gasteiger partial charge in [-0.25, -0.2) is 14.6 Å². The van der Waals surface area contributed by atoms with Crippen LogP contribution in [0.15, 0.2) is 47.0 Å². The summed E-state index contributed by atoms with van der Waals surface area (Å²) in [5, 5.41) is 15.7. The van der Waals surface area contributed by atoms with E-state index in [0.717, 1.165) is 41.3 Å². The molecule has 9 heteroatoms. The van der Waals surface area contributed by atoms with Gasteiger partial charge in [0.15, 0.2) is 11.5 Å². The van der Waals surface area contributed by atoms with Crippen molar-refractivity contribution in [2.75, 3.05) is 5.32 Å². The predicted octanol–water partition coefficient (Wildman–Crippen LogP) is 5.80. The first-order valence-corrected chi connectivity index (χ1v) is 12.2. The molecule has 1 amide bonds. The molecule has 0 saturated heterocycles. The third-order valence-electron chi connectivity index (χ3n) is 6.46. The summed E-state index contributed by atoms with van der Waals surface area (Å²) in [5.41, 5.74) is 4.19. The Kier molecular flexibility index (Phi) is 5.21. The average molecular weight is 482 g/mol. The van der Waals surface area contributed by atoms with E-state index in [2.05, 4.69) is 25.6 Å². The number of H-pyrrole nitrogens is 1. The van der Waals surface area contributed by atoms with Crippen molar-refractivity contribution in [1.82, 2.24) is 29.9 Å². The normalized spacial score (nSPS) is 13.6. The maximum atomic E-state index is 13.6. The van der Waals surface area contributed by atoms with Crippen molar-refractivity contribution in [3.05, 3.63) is 65.5 Å². The first-order valence-electron chi connectivity index (χ1n) is 12.2. The van der Waals surface area contributed by atoms with E-state index in [9.17, 15) is 4.79 Å². The van der Waals surface area contributed by atoms with Crippen molar-refractivity contribution in [2.24, 2.45) is 0 Å². The lowest BCUT2D eigenvalue weighted by atomic mass is 10.1. The van der Waals surface area contributed by atoms with Crippen LogP contribution in [0.2, 0.25) is 0 Å². The van der Waals surface area contributed by atoms with E-state index >= 15 is 0 Å². The Morgan fingerprint density at radius 2 is 2.00 bits per heavy atom. The molecular formula is C27H27N7O2. The molecule has 0 radical (unpaired) electrons. The fourth-order valence-electron chi connectivity index (χ4n) is 4.48. The number of hydrogen-bond acceptors (Lipinski definition) is 6. The zero-order valence-electron chi connectivity index (χ0n) is 20.7. The number of carbonyl (C=O) groups excluding carboxylic acids is 1. The minimum atomic E-state index is -0.240. The highest BCUT2D eigenvalue weighted by molar-refractivity contribution is 6.12. The lowest BCUT2D eigenvalue weighted by Crippen LogP contribution is -2.13. The molecule has 1 aliphatic carbocycles. The van der Waals surface area contributed by atoms with E-state index < -0.39 is 0 Å². The Balaban J connectivity index is 1.37. The van der Waals surface area contributed by atoms with Gasteiger partial charge in [0.2, 0.25) is 0 Å². The van der Waals surface area contributed by atoms with Crippen LogP contribution in [-0.2, 0) is 0 Å². The summed E-state index contributed by atoms with van der Waals surface area (Å²) in [6, 6.07) is 11.4. The van der Waals surface area contributed by atoms with Gasteiger partial charge in [-0.3, -0.25) is 9.89 Å². The number of anilines is 1. The van der Waals surface area contributed by atoms with Gasteiger partial charge >= 0.3 is 0 Å². The van der Waals surface area contributed by atoms with Crippen LogP contribution < -0.4 is 5.32 Å². The topological polar surface area (TPSA) is 115 Å². The Hall–Kier alpha value is -4.27. The van der Waals surface area contributed by atoms with Crippen LogP contribution in [0.1, 0.15) is 66.4 Å². The number of nitrogens with one attached hydrogen (secondary N) is 2. The number of nitrogens with zero attached hydrogens (tertiary/aromatic N) is 5. The summed E-state index contributed by atoms with van der Waals surface area (Å²) in [6.07, 6.45) is 4.01. The second kappa shape index (κ2) is 8.44. The molecule has 182 valence electrons. The second-order valence-corrected chi connectivity index (χ2v) is 9.66. The van der Waals surface area contributed by atoms with Gasteiger partial charge in [0.1, 0.15) is 17.3 Å². The summed E-state index contributed by atoms with van der Waals surface area (Å²) in [4.78, 5) is 23.1.